The lowest BCUT2D eigenvalue weighted by molar-refractivity contribution is 0.0610. The smallest absolute Gasteiger partial charge is 0.145 e. The number of unbranched alkanes of at least 4 members (excludes halogenated alkanes) is 10. The molecule has 0 spiro atoms. The molecule has 25 heavy (non-hydrogen) atoms. The van der Waals surface area contributed by atoms with E-state index < -0.39 is 0 Å². The number of allylic oxidation sites excluding steroid dienone is 1. The second-order valence-corrected chi connectivity index (χ2v) is 8.50. The molecule has 0 N–H and O–H groups in total. The van der Waals surface area contributed by atoms with Crippen molar-refractivity contribution in [1.82, 2.24) is 0 Å². The third-order valence-corrected chi connectivity index (χ3v) is 5.50. The van der Waals surface area contributed by atoms with Crippen molar-refractivity contribution in [2.24, 2.45) is 0 Å². The van der Waals surface area contributed by atoms with Gasteiger partial charge >= 0.3 is 0 Å². The molecule has 0 amide bonds. The summed E-state index contributed by atoms with van der Waals surface area (Å²) in [6, 6.07) is 0. The first kappa shape index (κ1) is 22.8. The van der Waals surface area contributed by atoms with Crippen molar-refractivity contribution in [3.05, 3.63) is 24.0 Å². The first-order valence-electron chi connectivity index (χ1n) is 10.5. The van der Waals surface area contributed by atoms with Crippen LogP contribution in [0.15, 0.2) is 24.0 Å². The quantitative estimate of drug-likeness (QED) is 0.190. The van der Waals surface area contributed by atoms with Gasteiger partial charge in [-0.2, -0.15) is 0 Å². The predicted molar refractivity (Wildman–Crippen MR) is 112 cm³/mol. The normalized spacial score (nSPS) is 19.9. The lowest BCUT2D eigenvalue weighted by atomic mass is 10.1. The first-order valence-corrected chi connectivity index (χ1v) is 11.3. The first-order chi connectivity index (χ1) is 12.2. The van der Waals surface area contributed by atoms with Gasteiger partial charge in [-0.15, -0.1) is 0 Å². The van der Waals surface area contributed by atoms with Gasteiger partial charge in [-0.05, 0) is 47.0 Å². The van der Waals surface area contributed by atoms with E-state index in [0.29, 0.717) is 0 Å². The SMILES string of the molecule is CCCCCCCCOC1=CCC(Br)(OCCCCCCCC)C=C1. The van der Waals surface area contributed by atoms with E-state index in [1.807, 2.05) is 0 Å². The van der Waals surface area contributed by atoms with Crippen molar-refractivity contribution >= 4 is 15.9 Å². The van der Waals surface area contributed by atoms with Gasteiger partial charge in [-0.1, -0.05) is 78.1 Å². The second kappa shape index (κ2) is 14.8. The van der Waals surface area contributed by atoms with E-state index in [2.05, 4.69) is 48.0 Å². The van der Waals surface area contributed by atoms with E-state index in [4.69, 9.17) is 9.47 Å². The lowest BCUT2D eigenvalue weighted by Crippen LogP contribution is -2.24. The van der Waals surface area contributed by atoms with Crippen molar-refractivity contribution in [1.29, 1.82) is 0 Å². The molecule has 2 nitrogen and oxygen atoms in total. The maximum absolute atomic E-state index is 6.04. The fraction of sp³-hybridized carbons (Fsp3) is 0.818. The summed E-state index contributed by atoms with van der Waals surface area (Å²) < 4.78 is 11.6. The molecule has 0 aromatic rings. The predicted octanol–water partition coefficient (Wildman–Crippen LogP) is 7.68. The Morgan fingerprint density at radius 1 is 0.840 bits per heavy atom. The van der Waals surface area contributed by atoms with Gasteiger partial charge in [0, 0.05) is 13.0 Å². The Bertz CT molecular complexity index is 378. The highest BCUT2D eigenvalue weighted by Gasteiger charge is 2.25. The van der Waals surface area contributed by atoms with E-state index in [1.165, 1.54) is 64.2 Å². The topological polar surface area (TPSA) is 18.5 Å². The molecule has 0 bridgehead atoms. The van der Waals surface area contributed by atoms with Gasteiger partial charge in [-0.3, -0.25) is 0 Å². The molecule has 0 aromatic heterocycles. The summed E-state index contributed by atoms with van der Waals surface area (Å²) in [4.78, 5) is 0. The molecule has 146 valence electrons. The lowest BCUT2D eigenvalue weighted by Gasteiger charge is -2.26. The van der Waals surface area contributed by atoms with Crippen LogP contribution in [-0.4, -0.2) is 17.7 Å². The summed E-state index contributed by atoms with van der Waals surface area (Å²) >= 11 is 3.73. The third kappa shape index (κ3) is 11.9. The van der Waals surface area contributed by atoms with Crippen LogP contribution in [0, 0.1) is 0 Å². The van der Waals surface area contributed by atoms with Crippen LogP contribution in [-0.2, 0) is 9.47 Å². The summed E-state index contributed by atoms with van der Waals surface area (Å²) in [6.45, 7) is 6.16. The Morgan fingerprint density at radius 2 is 1.40 bits per heavy atom. The summed E-state index contributed by atoms with van der Waals surface area (Å²) in [7, 11) is 0. The van der Waals surface area contributed by atoms with E-state index in [1.54, 1.807) is 0 Å². The number of ether oxygens (including phenoxy) is 2. The summed E-state index contributed by atoms with van der Waals surface area (Å²) in [5, 5.41) is 0. The number of alkyl halides is 1. The van der Waals surface area contributed by atoms with Gasteiger partial charge < -0.3 is 9.47 Å². The molecule has 0 heterocycles. The summed E-state index contributed by atoms with van der Waals surface area (Å²) in [5.41, 5.74) is 0. The Hall–Kier alpha value is -0.280. The maximum atomic E-state index is 6.04. The molecule has 0 saturated carbocycles. The Labute approximate surface area is 164 Å². The fourth-order valence-electron chi connectivity index (χ4n) is 2.99. The van der Waals surface area contributed by atoms with Crippen LogP contribution in [0.25, 0.3) is 0 Å². The zero-order chi connectivity index (χ0) is 18.2. The zero-order valence-corrected chi connectivity index (χ0v) is 18.1. The minimum Gasteiger partial charge on any atom is -0.494 e. The monoisotopic (exact) mass is 414 g/mol. The molecule has 3 heteroatoms. The minimum absolute atomic E-state index is 0.330. The van der Waals surface area contributed by atoms with Crippen LogP contribution < -0.4 is 0 Å². The second-order valence-electron chi connectivity index (χ2n) is 7.16. The molecule has 1 rings (SSSR count). The van der Waals surface area contributed by atoms with Crippen LogP contribution in [0.1, 0.15) is 97.3 Å². The standard InChI is InChI=1S/C22H39BrO2/c1-3-5-7-9-11-13-19-24-21-15-17-22(23,18-16-21)25-20-14-12-10-8-6-4-2/h15-17H,3-14,18-20H2,1-2H3. The van der Waals surface area contributed by atoms with Crippen molar-refractivity contribution in [2.75, 3.05) is 13.2 Å². The van der Waals surface area contributed by atoms with Crippen molar-refractivity contribution in [3.8, 4) is 0 Å². The molecule has 0 saturated heterocycles. The molecule has 0 aromatic carbocycles. The molecular weight excluding hydrogens is 376 g/mol. The molecule has 0 radical (unpaired) electrons. The van der Waals surface area contributed by atoms with Crippen LogP contribution >= 0.6 is 15.9 Å². The van der Waals surface area contributed by atoms with Gasteiger partial charge in [0.1, 0.15) is 10.3 Å². The summed E-state index contributed by atoms with van der Waals surface area (Å²) in [5.74, 6) is 0.992. The van der Waals surface area contributed by atoms with Gasteiger partial charge in [0.2, 0.25) is 0 Å². The van der Waals surface area contributed by atoms with Crippen LogP contribution in [0.2, 0.25) is 0 Å². The average molecular weight is 415 g/mol. The number of hydrogen-bond donors (Lipinski definition) is 0. The Balaban J connectivity index is 2.05. The van der Waals surface area contributed by atoms with Crippen molar-refractivity contribution in [2.45, 2.75) is 102 Å². The van der Waals surface area contributed by atoms with Gasteiger partial charge in [0.05, 0.1) is 6.61 Å². The molecule has 0 fully saturated rings. The molecule has 0 aliphatic heterocycles. The summed E-state index contributed by atoms with van der Waals surface area (Å²) in [6.07, 6.45) is 22.7. The highest BCUT2D eigenvalue weighted by Crippen LogP contribution is 2.31. The number of halogens is 1. The maximum Gasteiger partial charge on any atom is 0.145 e. The van der Waals surface area contributed by atoms with E-state index in [9.17, 15) is 0 Å². The third-order valence-electron chi connectivity index (χ3n) is 4.68. The van der Waals surface area contributed by atoms with Crippen molar-refractivity contribution in [3.63, 3.8) is 0 Å². The molecule has 1 aliphatic carbocycles. The van der Waals surface area contributed by atoms with Gasteiger partial charge in [0.25, 0.3) is 0 Å². The average Bonchev–Trinajstić information content (AvgIpc) is 2.62. The Morgan fingerprint density at radius 3 is 1.96 bits per heavy atom. The molecule has 1 unspecified atom stereocenters. The van der Waals surface area contributed by atoms with E-state index in [0.717, 1.165) is 38.2 Å². The highest BCUT2D eigenvalue weighted by molar-refractivity contribution is 9.10. The molecular formula is C22H39BrO2. The molecule has 1 atom stereocenters. The van der Waals surface area contributed by atoms with Gasteiger partial charge in [0.15, 0.2) is 0 Å². The number of hydrogen-bond acceptors (Lipinski definition) is 2. The Kier molecular flexibility index (Phi) is 13.5. The highest BCUT2D eigenvalue weighted by atomic mass is 79.9. The van der Waals surface area contributed by atoms with Crippen molar-refractivity contribution < 1.29 is 9.47 Å². The van der Waals surface area contributed by atoms with Crippen LogP contribution in [0.4, 0.5) is 0 Å². The van der Waals surface area contributed by atoms with Crippen LogP contribution in [0.3, 0.4) is 0 Å². The number of rotatable bonds is 16. The molecule has 1 aliphatic rings. The van der Waals surface area contributed by atoms with E-state index >= 15 is 0 Å². The zero-order valence-electron chi connectivity index (χ0n) is 16.5. The minimum atomic E-state index is -0.330. The van der Waals surface area contributed by atoms with Crippen LogP contribution in [0.5, 0.6) is 0 Å². The van der Waals surface area contributed by atoms with E-state index in [-0.39, 0.29) is 4.51 Å². The largest absolute Gasteiger partial charge is 0.494 e. The van der Waals surface area contributed by atoms with Gasteiger partial charge in [-0.25, -0.2) is 0 Å². The fourth-order valence-corrected chi connectivity index (χ4v) is 3.45.